The zero-order valence-corrected chi connectivity index (χ0v) is 9.19. The molecule has 1 amide bonds. The Balaban J connectivity index is 1.86. The van der Waals surface area contributed by atoms with E-state index in [0.29, 0.717) is 13.2 Å². The van der Waals surface area contributed by atoms with Gasteiger partial charge in [0.05, 0.1) is 25.5 Å². The molecule has 0 aliphatic carbocycles. The fourth-order valence-corrected chi connectivity index (χ4v) is 1.63. The van der Waals surface area contributed by atoms with Gasteiger partial charge in [-0.25, -0.2) is 0 Å². The SMILES string of the molecule is CC(NC(=O)C1COCCN1)c1cn[nH]c1. The van der Waals surface area contributed by atoms with Crippen LogP contribution in [0.2, 0.25) is 0 Å². The highest BCUT2D eigenvalue weighted by molar-refractivity contribution is 5.82. The number of carbonyl (C=O) groups is 1. The molecule has 16 heavy (non-hydrogen) atoms. The van der Waals surface area contributed by atoms with Gasteiger partial charge < -0.3 is 15.4 Å². The van der Waals surface area contributed by atoms with E-state index in [0.717, 1.165) is 12.1 Å². The van der Waals surface area contributed by atoms with Crippen molar-refractivity contribution in [2.45, 2.75) is 19.0 Å². The average molecular weight is 224 g/mol. The van der Waals surface area contributed by atoms with Crippen molar-refractivity contribution < 1.29 is 9.53 Å². The molecule has 0 spiro atoms. The molecule has 1 aliphatic rings. The second-order valence-electron chi connectivity index (χ2n) is 3.84. The summed E-state index contributed by atoms with van der Waals surface area (Å²) in [6, 6.07) is -0.293. The molecular weight excluding hydrogens is 208 g/mol. The van der Waals surface area contributed by atoms with Crippen molar-refractivity contribution in [2.24, 2.45) is 0 Å². The summed E-state index contributed by atoms with van der Waals surface area (Å²) in [6.07, 6.45) is 3.48. The number of carbonyl (C=O) groups excluding carboxylic acids is 1. The summed E-state index contributed by atoms with van der Waals surface area (Å²) in [4.78, 5) is 11.8. The molecule has 0 aromatic carbocycles. The number of hydrogen-bond acceptors (Lipinski definition) is 4. The molecule has 1 fully saturated rings. The number of H-pyrrole nitrogens is 1. The Hall–Kier alpha value is -1.40. The lowest BCUT2D eigenvalue weighted by Crippen LogP contribution is -2.51. The van der Waals surface area contributed by atoms with Gasteiger partial charge in [-0.1, -0.05) is 0 Å². The number of rotatable bonds is 3. The third kappa shape index (κ3) is 2.59. The van der Waals surface area contributed by atoms with Crippen LogP contribution < -0.4 is 10.6 Å². The molecule has 6 heteroatoms. The van der Waals surface area contributed by atoms with E-state index in [1.54, 1.807) is 12.4 Å². The first kappa shape index (κ1) is 11.1. The Morgan fingerprint density at radius 2 is 2.62 bits per heavy atom. The van der Waals surface area contributed by atoms with Crippen LogP contribution in [-0.2, 0) is 9.53 Å². The van der Waals surface area contributed by atoms with Crippen molar-refractivity contribution in [1.82, 2.24) is 20.8 Å². The number of nitrogens with one attached hydrogen (secondary N) is 3. The molecule has 1 saturated heterocycles. The lowest BCUT2D eigenvalue weighted by atomic mass is 10.1. The van der Waals surface area contributed by atoms with Crippen molar-refractivity contribution in [3.63, 3.8) is 0 Å². The molecule has 1 aromatic rings. The van der Waals surface area contributed by atoms with Gasteiger partial charge in [-0.2, -0.15) is 5.10 Å². The minimum Gasteiger partial charge on any atom is -0.378 e. The molecule has 1 aliphatic heterocycles. The average Bonchev–Trinajstić information content (AvgIpc) is 2.83. The molecule has 0 radical (unpaired) electrons. The van der Waals surface area contributed by atoms with Crippen molar-refractivity contribution >= 4 is 5.91 Å². The molecule has 2 atom stereocenters. The summed E-state index contributed by atoms with van der Waals surface area (Å²) >= 11 is 0. The third-order valence-electron chi connectivity index (χ3n) is 2.62. The van der Waals surface area contributed by atoms with Crippen LogP contribution in [0, 0.1) is 0 Å². The van der Waals surface area contributed by atoms with Crippen LogP contribution >= 0.6 is 0 Å². The highest BCUT2D eigenvalue weighted by atomic mass is 16.5. The summed E-state index contributed by atoms with van der Waals surface area (Å²) in [5.41, 5.74) is 0.963. The summed E-state index contributed by atoms with van der Waals surface area (Å²) in [5, 5.41) is 12.6. The summed E-state index contributed by atoms with van der Waals surface area (Å²) in [5.74, 6) is -0.0339. The molecule has 2 heterocycles. The summed E-state index contributed by atoms with van der Waals surface area (Å²) < 4.78 is 5.23. The fraction of sp³-hybridized carbons (Fsp3) is 0.600. The Kier molecular flexibility index (Phi) is 3.53. The predicted octanol–water partition coefficient (Wildman–Crippen LogP) is -0.425. The van der Waals surface area contributed by atoms with E-state index < -0.39 is 0 Å². The van der Waals surface area contributed by atoms with E-state index >= 15 is 0 Å². The standard InChI is InChI=1S/C10H16N4O2/c1-7(8-4-12-13-5-8)14-10(15)9-6-16-3-2-11-9/h4-5,7,9,11H,2-3,6H2,1H3,(H,12,13)(H,14,15). The highest BCUT2D eigenvalue weighted by Gasteiger charge is 2.22. The van der Waals surface area contributed by atoms with Gasteiger partial charge in [0.25, 0.3) is 0 Å². The van der Waals surface area contributed by atoms with E-state index in [-0.39, 0.29) is 18.0 Å². The Morgan fingerprint density at radius 3 is 3.25 bits per heavy atom. The summed E-state index contributed by atoms with van der Waals surface area (Å²) in [6.45, 7) is 3.75. The Labute approximate surface area is 93.8 Å². The van der Waals surface area contributed by atoms with E-state index in [1.807, 2.05) is 6.92 Å². The van der Waals surface area contributed by atoms with Crippen LogP contribution in [0.5, 0.6) is 0 Å². The molecule has 0 bridgehead atoms. The molecular formula is C10H16N4O2. The lowest BCUT2D eigenvalue weighted by molar-refractivity contribution is -0.126. The molecule has 2 rings (SSSR count). The number of nitrogens with zero attached hydrogens (tertiary/aromatic N) is 1. The van der Waals surface area contributed by atoms with Gasteiger partial charge in [-0.15, -0.1) is 0 Å². The van der Waals surface area contributed by atoms with Crippen molar-refractivity contribution in [2.75, 3.05) is 19.8 Å². The second kappa shape index (κ2) is 5.09. The van der Waals surface area contributed by atoms with E-state index in [9.17, 15) is 4.79 Å². The lowest BCUT2D eigenvalue weighted by Gasteiger charge is -2.24. The molecule has 2 unspecified atom stereocenters. The molecule has 6 nitrogen and oxygen atoms in total. The number of amides is 1. The molecule has 88 valence electrons. The van der Waals surface area contributed by atoms with Crippen LogP contribution in [0.1, 0.15) is 18.5 Å². The maximum atomic E-state index is 11.8. The second-order valence-corrected chi connectivity index (χ2v) is 3.84. The quantitative estimate of drug-likeness (QED) is 0.651. The minimum atomic E-state index is -0.247. The largest absolute Gasteiger partial charge is 0.378 e. The van der Waals surface area contributed by atoms with Gasteiger partial charge in [-0.05, 0) is 6.92 Å². The maximum Gasteiger partial charge on any atom is 0.240 e. The van der Waals surface area contributed by atoms with Gasteiger partial charge in [0.15, 0.2) is 0 Å². The van der Waals surface area contributed by atoms with Crippen LogP contribution in [-0.4, -0.2) is 41.9 Å². The first-order chi connectivity index (χ1) is 7.77. The van der Waals surface area contributed by atoms with Crippen LogP contribution in [0.4, 0.5) is 0 Å². The van der Waals surface area contributed by atoms with Gasteiger partial charge in [0, 0.05) is 18.3 Å². The number of hydrogen-bond donors (Lipinski definition) is 3. The topological polar surface area (TPSA) is 79.0 Å². The van der Waals surface area contributed by atoms with E-state index in [1.165, 1.54) is 0 Å². The van der Waals surface area contributed by atoms with Gasteiger partial charge >= 0.3 is 0 Å². The van der Waals surface area contributed by atoms with Crippen LogP contribution in [0.15, 0.2) is 12.4 Å². The smallest absolute Gasteiger partial charge is 0.240 e. The normalized spacial score (nSPS) is 22.7. The number of aromatic amines is 1. The molecule has 0 saturated carbocycles. The van der Waals surface area contributed by atoms with Crippen molar-refractivity contribution in [3.05, 3.63) is 18.0 Å². The minimum absolute atomic E-state index is 0.0339. The van der Waals surface area contributed by atoms with Crippen LogP contribution in [0.3, 0.4) is 0 Å². The Morgan fingerprint density at radius 1 is 1.75 bits per heavy atom. The molecule has 3 N–H and O–H groups in total. The fourth-order valence-electron chi connectivity index (χ4n) is 1.63. The molecule has 1 aromatic heterocycles. The van der Waals surface area contributed by atoms with Crippen LogP contribution in [0.25, 0.3) is 0 Å². The highest BCUT2D eigenvalue weighted by Crippen LogP contribution is 2.09. The number of ether oxygens (including phenoxy) is 1. The zero-order valence-electron chi connectivity index (χ0n) is 9.19. The Bertz CT molecular complexity index is 333. The van der Waals surface area contributed by atoms with Gasteiger partial charge in [0.2, 0.25) is 5.91 Å². The number of morpholine rings is 1. The number of aromatic nitrogens is 2. The first-order valence-corrected chi connectivity index (χ1v) is 5.37. The van der Waals surface area contributed by atoms with Crippen molar-refractivity contribution in [1.29, 1.82) is 0 Å². The van der Waals surface area contributed by atoms with E-state index in [4.69, 9.17) is 4.74 Å². The summed E-state index contributed by atoms with van der Waals surface area (Å²) in [7, 11) is 0. The van der Waals surface area contributed by atoms with E-state index in [2.05, 4.69) is 20.8 Å². The van der Waals surface area contributed by atoms with Gasteiger partial charge in [-0.3, -0.25) is 9.89 Å². The van der Waals surface area contributed by atoms with Gasteiger partial charge in [0.1, 0.15) is 6.04 Å². The predicted molar refractivity (Wildman–Crippen MR) is 57.8 cm³/mol. The first-order valence-electron chi connectivity index (χ1n) is 5.37. The van der Waals surface area contributed by atoms with Crippen molar-refractivity contribution in [3.8, 4) is 0 Å². The monoisotopic (exact) mass is 224 g/mol. The maximum absolute atomic E-state index is 11.8. The zero-order chi connectivity index (χ0) is 11.4. The third-order valence-corrected chi connectivity index (χ3v) is 2.62.